The van der Waals surface area contributed by atoms with E-state index in [9.17, 15) is 14.4 Å². The normalized spacial score (nSPS) is 25.3. The second-order valence-electron chi connectivity index (χ2n) is 8.98. The monoisotopic (exact) mass is 434 g/mol. The molecule has 174 valence electrons. The summed E-state index contributed by atoms with van der Waals surface area (Å²) in [5.74, 6) is -0.846. The SMILES string of the molecule is CCCCOCCCNC(=O)C[C@H]1C[C@@]2(C(=O)OCC)CCCC3=C2N(CCC3)C1=O. The van der Waals surface area contributed by atoms with Crippen LogP contribution in [0.3, 0.4) is 0 Å². The van der Waals surface area contributed by atoms with Crippen molar-refractivity contribution in [2.75, 3.05) is 32.9 Å². The molecule has 2 heterocycles. The van der Waals surface area contributed by atoms with Crippen molar-refractivity contribution >= 4 is 17.8 Å². The number of ether oxygens (including phenoxy) is 2. The molecule has 1 saturated heterocycles. The topological polar surface area (TPSA) is 84.9 Å². The number of esters is 1. The van der Waals surface area contributed by atoms with E-state index in [1.54, 1.807) is 0 Å². The van der Waals surface area contributed by atoms with E-state index in [2.05, 4.69) is 12.2 Å². The second kappa shape index (κ2) is 11.1. The summed E-state index contributed by atoms with van der Waals surface area (Å²) in [6.45, 7) is 6.81. The van der Waals surface area contributed by atoms with Crippen LogP contribution >= 0.6 is 0 Å². The summed E-state index contributed by atoms with van der Waals surface area (Å²) < 4.78 is 11.0. The van der Waals surface area contributed by atoms with Gasteiger partial charge in [-0.1, -0.05) is 13.3 Å². The zero-order valence-electron chi connectivity index (χ0n) is 19.2. The van der Waals surface area contributed by atoms with Crippen LogP contribution in [0.4, 0.5) is 0 Å². The van der Waals surface area contributed by atoms with Gasteiger partial charge in [0.05, 0.1) is 6.61 Å². The number of allylic oxidation sites excluding steroid dienone is 1. The molecule has 0 radical (unpaired) electrons. The summed E-state index contributed by atoms with van der Waals surface area (Å²) in [6, 6.07) is 0. The predicted molar refractivity (Wildman–Crippen MR) is 117 cm³/mol. The molecule has 31 heavy (non-hydrogen) atoms. The van der Waals surface area contributed by atoms with E-state index in [-0.39, 0.29) is 24.2 Å². The highest BCUT2D eigenvalue weighted by atomic mass is 16.5. The molecule has 1 fully saturated rings. The largest absolute Gasteiger partial charge is 0.465 e. The minimum Gasteiger partial charge on any atom is -0.465 e. The molecular weight excluding hydrogens is 396 g/mol. The van der Waals surface area contributed by atoms with Crippen LogP contribution < -0.4 is 5.32 Å². The average molecular weight is 435 g/mol. The zero-order valence-corrected chi connectivity index (χ0v) is 19.2. The van der Waals surface area contributed by atoms with Crippen molar-refractivity contribution in [1.29, 1.82) is 0 Å². The molecule has 2 atom stereocenters. The Morgan fingerprint density at radius 1 is 1.16 bits per heavy atom. The minimum absolute atomic E-state index is 0.00734. The van der Waals surface area contributed by atoms with Crippen LogP contribution in [-0.4, -0.2) is 55.6 Å². The highest BCUT2D eigenvalue weighted by Gasteiger charge is 2.56. The van der Waals surface area contributed by atoms with Crippen LogP contribution in [-0.2, 0) is 23.9 Å². The minimum atomic E-state index is -0.768. The Balaban J connectivity index is 1.64. The number of nitrogens with zero attached hydrogens (tertiary/aromatic N) is 1. The van der Waals surface area contributed by atoms with Gasteiger partial charge < -0.3 is 19.7 Å². The van der Waals surface area contributed by atoms with Crippen molar-refractivity contribution in [3.63, 3.8) is 0 Å². The third kappa shape index (κ3) is 5.30. The van der Waals surface area contributed by atoms with Crippen LogP contribution in [0.25, 0.3) is 0 Å². The summed E-state index contributed by atoms with van der Waals surface area (Å²) in [5, 5.41) is 2.92. The molecule has 1 N–H and O–H groups in total. The van der Waals surface area contributed by atoms with Gasteiger partial charge in [-0.2, -0.15) is 0 Å². The third-order valence-electron chi connectivity index (χ3n) is 6.74. The number of carbonyl (C=O) groups is 3. The van der Waals surface area contributed by atoms with E-state index in [4.69, 9.17) is 9.47 Å². The molecule has 1 aliphatic carbocycles. The van der Waals surface area contributed by atoms with Crippen molar-refractivity contribution in [2.45, 2.75) is 78.1 Å². The number of hydrogen-bond donors (Lipinski definition) is 1. The van der Waals surface area contributed by atoms with E-state index in [1.165, 1.54) is 5.57 Å². The first kappa shape index (κ1) is 23.8. The maximum atomic E-state index is 13.3. The van der Waals surface area contributed by atoms with Crippen LogP contribution in [0.15, 0.2) is 11.3 Å². The third-order valence-corrected chi connectivity index (χ3v) is 6.74. The Hall–Kier alpha value is -1.89. The lowest BCUT2D eigenvalue weighted by Gasteiger charge is -2.51. The van der Waals surface area contributed by atoms with Gasteiger partial charge in [0.1, 0.15) is 5.41 Å². The molecule has 0 spiro atoms. The van der Waals surface area contributed by atoms with Gasteiger partial charge in [0, 0.05) is 44.3 Å². The Kier molecular flexibility index (Phi) is 8.52. The number of piperidine rings is 1. The van der Waals surface area contributed by atoms with Crippen LogP contribution in [0, 0.1) is 11.3 Å². The molecule has 0 aromatic rings. The lowest BCUT2D eigenvalue weighted by molar-refractivity contribution is -0.162. The molecule has 0 aromatic heterocycles. The average Bonchev–Trinajstić information content (AvgIpc) is 2.77. The van der Waals surface area contributed by atoms with Crippen molar-refractivity contribution < 1.29 is 23.9 Å². The number of rotatable bonds is 11. The first-order valence-electron chi connectivity index (χ1n) is 12.1. The van der Waals surface area contributed by atoms with Crippen LogP contribution in [0.5, 0.6) is 0 Å². The quantitative estimate of drug-likeness (QED) is 0.398. The number of nitrogens with one attached hydrogen (secondary N) is 1. The van der Waals surface area contributed by atoms with E-state index < -0.39 is 11.3 Å². The lowest BCUT2D eigenvalue weighted by atomic mass is 9.63. The van der Waals surface area contributed by atoms with Crippen molar-refractivity contribution in [3.05, 3.63) is 11.3 Å². The fourth-order valence-electron chi connectivity index (χ4n) is 5.34. The molecule has 7 nitrogen and oxygen atoms in total. The van der Waals surface area contributed by atoms with Gasteiger partial charge in [-0.15, -0.1) is 0 Å². The highest BCUT2D eigenvalue weighted by molar-refractivity contribution is 5.92. The van der Waals surface area contributed by atoms with Gasteiger partial charge in [0.2, 0.25) is 11.8 Å². The van der Waals surface area contributed by atoms with Gasteiger partial charge in [0.15, 0.2) is 0 Å². The van der Waals surface area contributed by atoms with E-state index in [1.807, 2.05) is 11.8 Å². The number of hydrogen-bond acceptors (Lipinski definition) is 5. The number of carbonyl (C=O) groups excluding carboxylic acids is 3. The lowest BCUT2D eigenvalue weighted by Crippen LogP contribution is -2.56. The molecule has 0 unspecified atom stereocenters. The first-order chi connectivity index (χ1) is 15.0. The summed E-state index contributed by atoms with van der Waals surface area (Å²) >= 11 is 0. The predicted octanol–water partition coefficient (Wildman–Crippen LogP) is 3.33. The van der Waals surface area contributed by atoms with Gasteiger partial charge >= 0.3 is 5.97 Å². The smallest absolute Gasteiger partial charge is 0.318 e. The molecule has 0 saturated carbocycles. The summed E-state index contributed by atoms with van der Waals surface area (Å²) in [5.41, 5.74) is 1.38. The maximum Gasteiger partial charge on any atom is 0.318 e. The summed E-state index contributed by atoms with van der Waals surface area (Å²) in [7, 11) is 0. The van der Waals surface area contributed by atoms with Gasteiger partial charge in [-0.3, -0.25) is 14.4 Å². The fraction of sp³-hybridized carbons (Fsp3) is 0.792. The van der Waals surface area contributed by atoms with E-state index >= 15 is 0 Å². The van der Waals surface area contributed by atoms with Gasteiger partial charge in [-0.25, -0.2) is 0 Å². The summed E-state index contributed by atoms with van der Waals surface area (Å²) in [4.78, 5) is 40.8. The maximum absolute atomic E-state index is 13.3. The Morgan fingerprint density at radius 2 is 1.94 bits per heavy atom. The molecule has 3 aliphatic rings. The number of unbranched alkanes of at least 4 members (excludes halogenated alkanes) is 1. The standard InChI is InChI=1S/C24H38N2O5/c1-3-5-14-30-15-8-12-25-20(27)16-19-17-24(23(29)31-4-2)11-6-9-18-10-7-13-26(21(18)24)22(19)28/h19H,3-17H2,1-2H3,(H,25,27)/t19-,24-/m0/s1. The van der Waals surface area contributed by atoms with Crippen molar-refractivity contribution in [2.24, 2.45) is 11.3 Å². The molecule has 0 aromatic carbocycles. The molecule has 3 rings (SSSR count). The molecule has 2 amide bonds. The fourth-order valence-corrected chi connectivity index (χ4v) is 5.34. The summed E-state index contributed by atoms with van der Waals surface area (Å²) in [6.07, 6.45) is 7.85. The second-order valence-corrected chi connectivity index (χ2v) is 8.98. The molecule has 0 bridgehead atoms. The van der Waals surface area contributed by atoms with Crippen molar-refractivity contribution in [3.8, 4) is 0 Å². The van der Waals surface area contributed by atoms with Crippen LogP contribution in [0.1, 0.15) is 78.1 Å². The Labute approximate surface area is 185 Å². The van der Waals surface area contributed by atoms with E-state index in [0.717, 1.165) is 57.2 Å². The van der Waals surface area contributed by atoms with E-state index in [0.29, 0.717) is 39.1 Å². The highest BCUT2D eigenvalue weighted by Crippen LogP contribution is 2.54. The van der Waals surface area contributed by atoms with Crippen molar-refractivity contribution in [1.82, 2.24) is 10.2 Å². The Bertz CT molecular complexity index is 700. The molecular formula is C24H38N2O5. The molecule has 7 heteroatoms. The molecule has 2 aliphatic heterocycles. The van der Waals surface area contributed by atoms with Gasteiger partial charge in [-0.05, 0) is 63.9 Å². The first-order valence-corrected chi connectivity index (χ1v) is 12.1. The Morgan fingerprint density at radius 3 is 2.71 bits per heavy atom. The van der Waals surface area contributed by atoms with Gasteiger partial charge in [0.25, 0.3) is 0 Å². The van der Waals surface area contributed by atoms with Crippen LogP contribution in [0.2, 0.25) is 0 Å². The zero-order chi connectivity index (χ0) is 22.3. The number of amides is 2.